The van der Waals surface area contributed by atoms with Crippen LogP contribution in [-0.4, -0.2) is 25.8 Å². The fourth-order valence-corrected chi connectivity index (χ4v) is 1.07. The van der Waals surface area contributed by atoms with Crippen LogP contribution in [0.5, 0.6) is 0 Å². The predicted octanol–water partition coefficient (Wildman–Crippen LogP) is 1.12. The van der Waals surface area contributed by atoms with Gasteiger partial charge in [0.15, 0.2) is 0 Å². The lowest BCUT2D eigenvalue weighted by Gasteiger charge is -2.06. The van der Waals surface area contributed by atoms with Crippen molar-refractivity contribution in [3.05, 3.63) is 11.6 Å². The summed E-state index contributed by atoms with van der Waals surface area (Å²) in [4.78, 5) is 0. The summed E-state index contributed by atoms with van der Waals surface area (Å²) in [6.45, 7) is 2.70. The molecule has 3 heteroatoms. The number of hydrogen-bond acceptors (Lipinski definition) is 2. The van der Waals surface area contributed by atoms with E-state index in [1.165, 1.54) is 5.54 Å². The van der Waals surface area contributed by atoms with Crippen LogP contribution in [0, 0.1) is 0 Å². The van der Waals surface area contributed by atoms with Gasteiger partial charge in [-0.25, -0.2) is 0 Å². The Morgan fingerprint density at radius 3 is 3.20 bits per heavy atom. The molecule has 1 aliphatic rings. The number of hydrogen-bond donors (Lipinski definition) is 1. The molecule has 1 atom stereocenters. The van der Waals surface area contributed by atoms with Crippen molar-refractivity contribution in [1.29, 1.82) is 0 Å². The zero-order chi connectivity index (χ0) is 7.23. The second kappa shape index (κ2) is 4.72. The Morgan fingerprint density at radius 1 is 1.70 bits per heavy atom. The molecule has 1 aliphatic heterocycles. The number of rotatable bonds is 3. The first-order valence-electron chi connectivity index (χ1n) is 3.51. The fourth-order valence-electron chi connectivity index (χ4n) is 0.998. The Kier molecular flexibility index (Phi) is 3.80. The van der Waals surface area contributed by atoms with Crippen LogP contribution in [0.3, 0.4) is 0 Å². The quantitative estimate of drug-likeness (QED) is 0.670. The molecular weight excluding hydrogens is 150 g/mol. The smallest absolute Gasteiger partial charge is 0.0715 e. The molecule has 10 heavy (non-hydrogen) atoms. The van der Waals surface area contributed by atoms with Crippen LogP contribution in [0.1, 0.15) is 6.42 Å². The molecule has 1 heterocycles. The Balaban J connectivity index is 2.01. The first-order chi connectivity index (χ1) is 4.93. The van der Waals surface area contributed by atoms with Crippen LogP contribution < -0.4 is 5.32 Å². The highest BCUT2D eigenvalue weighted by atomic mass is 35.5. The molecule has 0 aliphatic carbocycles. The van der Waals surface area contributed by atoms with E-state index in [2.05, 4.69) is 5.32 Å². The molecular formula is C7H12ClNO. The van der Waals surface area contributed by atoms with Gasteiger partial charge in [0.2, 0.25) is 0 Å². The van der Waals surface area contributed by atoms with Gasteiger partial charge in [0, 0.05) is 12.1 Å². The molecule has 58 valence electrons. The number of nitrogens with one attached hydrogen (secondary N) is 1. The Morgan fingerprint density at radius 2 is 2.60 bits per heavy atom. The molecule has 0 aromatic carbocycles. The van der Waals surface area contributed by atoms with Gasteiger partial charge in [-0.05, 0) is 19.0 Å². The predicted molar refractivity (Wildman–Crippen MR) is 42.2 cm³/mol. The summed E-state index contributed by atoms with van der Waals surface area (Å²) < 4.78 is 5.41. The molecule has 0 bridgehead atoms. The van der Waals surface area contributed by atoms with Gasteiger partial charge in [-0.3, -0.25) is 0 Å². The average Bonchev–Trinajstić information content (AvgIpc) is 2.41. The molecule has 1 N–H and O–H groups in total. The summed E-state index contributed by atoms with van der Waals surface area (Å²) in [6.07, 6.45) is 3.32. The lowest BCUT2D eigenvalue weighted by molar-refractivity contribution is 0.0895. The van der Waals surface area contributed by atoms with E-state index in [-0.39, 0.29) is 0 Å². The molecule has 1 rings (SSSR count). The summed E-state index contributed by atoms with van der Waals surface area (Å²) in [5, 5.41) is 3.22. The maximum Gasteiger partial charge on any atom is 0.0715 e. The lowest BCUT2D eigenvalue weighted by atomic mass is 10.3. The highest BCUT2D eigenvalue weighted by Gasteiger charge is 2.12. The topological polar surface area (TPSA) is 21.3 Å². The van der Waals surface area contributed by atoms with Gasteiger partial charge in [0.1, 0.15) is 0 Å². The van der Waals surface area contributed by atoms with Gasteiger partial charge in [0.25, 0.3) is 0 Å². The van der Waals surface area contributed by atoms with Gasteiger partial charge in [0.05, 0.1) is 12.7 Å². The van der Waals surface area contributed by atoms with E-state index in [9.17, 15) is 0 Å². The number of halogens is 1. The van der Waals surface area contributed by atoms with Crippen molar-refractivity contribution in [1.82, 2.24) is 5.32 Å². The van der Waals surface area contributed by atoms with Crippen molar-refractivity contribution in [2.45, 2.75) is 12.5 Å². The summed E-state index contributed by atoms with van der Waals surface area (Å²) in [6, 6.07) is 0. The Bertz CT molecular complexity index is 110. The van der Waals surface area contributed by atoms with E-state index >= 15 is 0 Å². The van der Waals surface area contributed by atoms with Crippen molar-refractivity contribution < 1.29 is 4.74 Å². The standard InChI is InChI=1S/C7H12ClNO/c8-3-1-5-10-7-2-4-9-6-7/h1,3,7,9H,2,4-6H2. The second-order valence-electron chi connectivity index (χ2n) is 2.31. The van der Waals surface area contributed by atoms with Gasteiger partial charge in [-0.2, -0.15) is 0 Å². The fraction of sp³-hybridized carbons (Fsp3) is 0.714. The summed E-state index contributed by atoms with van der Waals surface area (Å²) in [7, 11) is 0. The van der Waals surface area contributed by atoms with Gasteiger partial charge in [-0.15, -0.1) is 0 Å². The van der Waals surface area contributed by atoms with Crippen LogP contribution in [0.2, 0.25) is 0 Å². The molecule has 0 aromatic heterocycles. The maximum absolute atomic E-state index is 5.41. The van der Waals surface area contributed by atoms with E-state index in [0.29, 0.717) is 12.7 Å². The van der Waals surface area contributed by atoms with Gasteiger partial charge >= 0.3 is 0 Å². The SMILES string of the molecule is ClC=CCOC1CCNC1. The van der Waals surface area contributed by atoms with Crippen LogP contribution in [0.4, 0.5) is 0 Å². The Labute approximate surface area is 66.2 Å². The first-order valence-corrected chi connectivity index (χ1v) is 3.94. The molecule has 0 aromatic rings. The minimum atomic E-state index is 0.396. The van der Waals surface area contributed by atoms with Crippen molar-refractivity contribution >= 4 is 11.6 Å². The van der Waals surface area contributed by atoms with Gasteiger partial charge in [-0.1, -0.05) is 11.6 Å². The largest absolute Gasteiger partial charge is 0.373 e. The monoisotopic (exact) mass is 161 g/mol. The van der Waals surface area contributed by atoms with E-state index < -0.39 is 0 Å². The normalized spacial score (nSPS) is 26.3. The molecule has 0 spiro atoms. The van der Waals surface area contributed by atoms with E-state index in [1.54, 1.807) is 6.08 Å². The minimum Gasteiger partial charge on any atom is -0.373 e. The Hall–Kier alpha value is -0.0500. The number of ether oxygens (including phenoxy) is 1. The molecule has 1 unspecified atom stereocenters. The summed E-state index contributed by atoms with van der Waals surface area (Å²) >= 11 is 5.31. The molecule has 0 saturated carbocycles. The van der Waals surface area contributed by atoms with Crippen LogP contribution in [0.25, 0.3) is 0 Å². The van der Waals surface area contributed by atoms with Crippen LogP contribution >= 0.6 is 11.6 Å². The van der Waals surface area contributed by atoms with Crippen molar-refractivity contribution in [3.8, 4) is 0 Å². The second-order valence-corrected chi connectivity index (χ2v) is 2.56. The van der Waals surface area contributed by atoms with Gasteiger partial charge < -0.3 is 10.1 Å². The summed E-state index contributed by atoms with van der Waals surface area (Å²) in [5.74, 6) is 0. The van der Waals surface area contributed by atoms with E-state index in [4.69, 9.17) is 16.3 Å². The molecule has 2 nitrogen and oxygen atoms in total. The van der Waals surface area contributed by atoms with Crippen molar-refractivity contribution in [2.24, 2.45) is 0 Å². The average molecular weight is 162 g/mol. The zero-order valence-electron chi connectivity index (χ0n) is 5.85. The maximum atomic E-state index is 5.41. The third-order valence-corrected chi connectivity index (χ3v) is 1.71. The molecule has 0 radical (unpaired) electrons. The van der Waals surface area contributed by atoms with Crippen LogP contribution in [0.15, 0.2) is 11.6 Å². The first kappa shape index (κ1) is 8.05. The summed E-state index contributed by atoms with van der Waals surface area (Å²) in [5.41, 5.74) is 1.49. The minimum absolute atomic E-state index is 0.396. The molecule has 0 amide bonds. The van der Waals surface area contributed by atoms with Crippen LogP contribution in [-0.2, 0) is 4.74 Å². The third kappa shape index (κ3) is 2.69. The highest BCUT2D eigenvalue weighted by molar-refractivity contribution is 6.25. The highest BCUT2D eigenvalue weighted by Crippen LogP contribution is 2.02. The van der Waals surface area contributed by atoms with E-state index in [0.717, 1.165) is 19.5 Å². The van der Waals surface area contributed by atoms with E-state index in [1.807, 2.05) is 0 Å². The third-order valence-electron chi connectivity index (χ3n) is 1.53. The van der Waals surface area contributed by atoms with Crippen molar-refractivity contribution in [3.63, 3.8) is 0 Å². The zero-order valence-corrected chi connectivity index (χ0v) is 6.60. The lowest BCUT2D eigenvalue weighted by Crippen LogP contribution is -2.16. The molecule has 1 saturated heterocycles. The molecule has 1 fully saturated rings. The van der Waals surface area contributed by atoms with Crippen molar-refractivity contribution in [2.75, 3.05) is 19.7 Å².